The van der Waals surface area contributed by atoms with E-state index in [0.29, 0.717) is 18.3 Å². The Morgan fingerprint density at radius 3 is 2.38 bits per heavy atom. The second-order valence-electron chi connectivity index (χ2n) is 3.83. The van der Waals surface area contributed by atoms with Gasteiger partial charge in [0.25, 0.3) is 0 Å². The van der Waals surface area contributed by atoms with Crippen molar-refractivity contribution in [3.8, 4) is 5.75 Å². The summed E-state index contributed by atoms with van der Waals surface area (Å²) < 4.78 is 5.47. The van der Waals surface area contributed by atoms with Gasteiger partial charge in [-0.15, -0.1) is 0 Å². The molecule has 0 aliphatic heterocycles. The summed E-state index contributed by atoms with van der Waals surface area (Å²) in [6.45, 7) is 0.589. The monoisotopic (exact) mass is 260 g/mol. The average Bonchev–Trinajstić information content (AvgIpc) is 2.99. The van der Waals surface area contributed by atoms with Crippen LogP contribution < -0.4 is 4.74 Å². The zero-order valence-electron chi connectivity index (χ0n) is 8.37. The summed E-state index contributed by atoms with van der Waals surface area (Å²) in [4.78, 5) is 10.7. The van der Waals surface area contributed by atoms with E-state index in [1.165, 1.54) is 25.0 Å². The van der Waals surface area contributed by atoms with Crippen LogP contribution in [0.2, 0.25) is 10.0 Å². The molecule has 5 heteroatoms. The SMILES string of the molecule is O=C(O)c1cc(Cl)c(OCC2CC2)c(Cl)c1. The molecule has 1 aliphatic carbocycles. The summed E-state index contributed by atoms with van der Waals surface area (Å²) in [6, 6.07) is 2.69. The number of carboxylic acids is 1. The highest BCUT2D eigenvalue weighted by atomic mass is 35.5. The number of halogens is 2. The number of carboxylic acid groups (broad SMARTS) is 1. The van der Waals surface area contributed by atoms with Crippen LogP contribution in [0, 0.1) is 5.92 Å². The number of ether oxygens (including phenoxy) is 1. The first kappa shape index (κ1) is 11.6. The number of hydrogen-bond acceptors (Lipinski definition) is 2. The van der Waals surface area contributed by atoms with E-state index < -0.39 is 5.97 Å². The topological polar surface area (TPSA) is 46.5 Å². The molecule has 0 saturated heterocycles. The normalized spacial score (nSPS) is 14.9. The van der Waals surface area contributed by atoms with Gasteiger partial charge in [-0.05, 0) is 30.9 Å². The fourth-order valence-corrected chi connectivity index (χ4v) is 1.90. The Hall–Kier alpha value is -0.930. The van der Waals surface area contributed by atoms with Crippen molar-refractivity contribution in [2.75, 3.05) is 6.61 Å². The van der Waals surface area contributed by atoms with Gasteiger partial charge in [-0.3, -0.25) is 0 Å². The van der Waals surface area contributed by atoms with E-state index >= 15 is 0 Å². The van der Waals surface area contributed by atoms with Crippen molar-refractivity contribution >= 4 is 29.2 Å². The first-order valence-electron chi connectivity index (χ1n) is 4.93. The van der Waals surface area contributed by atoms with Crippen LogP contribution in [0.1, 0.15) is 23.2 Å². The lowest BCUT2D eigenvalue weighted by atomic mass is 10.2. The summed E-state index contributed by atoms with van der Waals surface area (Å²) in [5.74, 6) is -0.0935. The molecule has 0 amide bonds. The van der Waals surface area contributed by atoms with Gasteiger partial charge in [-0.2, -0.15) is 0 Å². The van der Waals surface area contributed by atoms with Crippen LogP contribution in [-0.4, -0.2) is 17.7 Å². The van der Waals surface area contributed by atoms with E-state index in [1.54, 1.807) is 0 Å². The maximum absolute atomic E-state index is 10.7. The van der Waals surface area contributed by atoms with Crippen molar-refractivity contribution in [2.24, 2.45) is 5.92 Å². The standard InChI is InChI=1S/C11H10Cl2O3/c12-8-3-7(11(14)15)4-9(13)10(8)16-5-6-1-2-6/h3-4,6H,1-2,5H2,(H,14,15). The molecule has 0 spiro atoms. The lowest BCUT2D eigenvalue weighted by Crippen LogP contribution is -2.02. The largest absolute Gasteiger partial charge is 0.490 e. The Balaban J connectivity index is 2.19. The molecule has 0 aromatic heterocycles. The molecule has 2 rings (SSSR count). The van der Waals surface area contributed by atoms with E-state index in [1.807, 2.05) is 0 Å². The summed E-state index contributed by atoms with van der Waals surface area (Å²) in [6.07, 6.45) is 2.34. The predicted octanol–water partition coefficient (Wildman–Crippen LogP) is 3.48. The Labute approximate surface area is 103 Å². The summed E-state index contributed by atoms with van der Waals surface area (Å²) in [7, 11) is 0. The quantitative estimate of drug-likeness (QED) is 0.902. The highest BCUT2D eigenvalue weighted by Crippen LogP contribution is 2.36. The minimum absolute atomic E-state index is 0.0637. The van der Waals surface area contributed by atoms with Gasteiger partial charge in [0.2, 0.25) is 0 Å². The fourth-order valence-electron chi connectivity index (χ4n) is 1.31. The molecule has 1 aromatic rings. The van der Waals surface area contributed by atoms with E-state index in [-0.39, 0.29) is 15.6 Å². The van der Waals surface area contributed by atoms with Crippen LogP contribution in [0.5, 0.6) is 5.75 Å². The van der Waals surface area contributed by atoms with E-state index in [9.17, 15) is 4.79 Å². The molecular formula is C11H10Cl2O3. The van der Waals surface area contributed by atoms with E-state index in [4.69, 9.17) is 33.0 Å². The number of carbonyl (C=O) groups is 1. The number of rotatable bonds is 4. The van der Waals surface area contributed by atoms with Gasteiger partial charge in [0, 0.05) is 0 Å². The summed E-state index contributed by atoms with van der Waals surface area (Å²) in [5, 5.41) is 9.28. The molecule has 1 aromatic carbocycles. The molecule has 0 heterocycles. The molecule has 3 nitrogen and oxygen atoms in total. The van der Waals surface area contributed by atoms with Gasteiger partial charge >= 0.3 is 5.97 Å². The third-order valence-corrected chi connectivity index (χ3v) is 2.97. The molecular weight excluding hydrogens is 251 g/mol. The smallest absolute Gasteiger partial charge is 0.335 e. The Morgan fingerprint density at radius 1 is 1.38 bits per heavy atom. The van der Waals surface area contributed by atoms with Crippen molar-refractivity contribution in [3.63, 3.8) is 0 Å². The Kier molecular flexibility index (Phi) is 3.26. The lowest BCUT2D eigenvalue weighted by molar-refractivity contribution is 0.0697. The van der Waals surface area contributed by atoms with Crippen molar-refractivity contribution in [1.82, 2.24) is 0 Å². The van der Waals surface area contributed by atoms with Gasteiger partial charge in [-0.1, -0.05) is 23.2 Å². The number of aromatic carboxylic acids is 1. The number of benzene rings is 1. The van der Waals surface area contributed by atoms with Gasteiger partial charge in [0.15, 0.2) is 5.75 Å². The minimum atomic E-state index is -1.06. The maximum Gasteiger partial charge on any atom is 0.335 e. The van der Waals surface area contributed by atoms with Crippen LogP contribution in [0.15, 0.2) is 12.1 Å². The molecule has 1 fully saturated rings. The van der Waals surface area contributed by atoms with Crippen LogP contribution >= 0.6 is 23.2 Å². The first-order chi connectivity index (χ1) is 7.58. The second kappa shape index (κ2) is 4.52. The van der Waals surface area contributed by atoms with E-state index in [0.717, 1.165) is 0 Å². The molecule has 86 valence electrons. The Bertz CT molecular complexity index is 404. The summed E-state index contributed by atoms with van der Waals surface area (Å²) in [5.41, 5.74) is 0.0637. The van der Waals surface area contributed by atoms with Gasteiger partial charge in [0.05, 0.1) is 22.2 Å². The van der Waals surface area contributed by atoms with Crippen LogP contribution in [0.3, 0.4) is 0 Å². The third-order valence-electron chi connectivity index (χ3n) is 2.41. The maximum atomic E-state index is 10.7. The lowest BCUT2D eigenvalue weighted by Gasteiger charge is -2.10. The van der Waals surface area contributed by atoms with Crippen molar-refractivity contribution in [2.45, 2.75) is 12.8 Å². The molecule has 16 heavy (non-hydrogen) atoms. The van der Waals surface area contributed by atoms with Crippen LogP contribution in [0.25, 0.3) is 0 Å². The van der Waals surface area contributed by atoms with Crippen molar-refractivity contribution in [3.05, 3.63) is 27.7 Å². The molecule has 0 bridgehead atoms. The number of hydrogen-bond donors (Lipinski definition) is 1. The molecule has 1 N–H and O–H groups in total. The highest BCUT2D eigenvalue weighted by molar-refractivity contribution is 6.37. The molecule has 1 aliphatic rings. The van der Waals surface area contributed by atoms with Crippen LogP contribution in [0.4, 0.5) is 0 Å². The molecule has 0 atom stereocenters. The van der Waals surface area contributed by atoms with Gasteiger partial charge in [-0.25, -0.2) is 4.79 Å². The highest BCUT2D eigenvalue weighted by Gasteiger charge is 2.23. The first-order valence-corrected chi connectivity index (χ1v) is 5.68. The second-order valence-corrected chi connectivity index (χ2v) is 4.64. The average molecular weight is 261 g/mol. The van der Waals surface area contributed by atoms with Gasteiger partial charge in [0.1, 0.15) is 0 Å². The van der Waals surface area contributed by atoms with Crippen LogP contribution in [-0.2, 0) is 0 Å². The zero-order chi connectivity index (χ0) is 11.7. The summed E-state index contributed by atoms with van der Waals surface area (Å²) >= 11 is 11.8. The molecule has 1 saturated carbocycles. The predicted molar refractivity (Wildman–Crippen MR) is 61.6 cm³/mol. The Morgan fingerprint density at radius 2 is 1.94 bits per heavy atom. The van der Waals surface area contributed by atoms with E-state index in [2.05, 4.69) is 0 Å². The molecule has 0 unspecified atom stereocenters. The van der Waals surface area contributed by atoms with Crippen molar-refractivity contribution < 1.29 is 14.6 Å². The third kappa shape index (κ3) is 2.60. The van der Waals surface area contributed by atoms with Gasteiger partial charge < -0.3 is 9.84 Å². The van der Waals surface area contributed by atoms with Crippen molar-refractivity contribution in [1.29, 1.82) is 0 Å². The fraction of sp³-hybridized carbons (Fsp3) is 0.364. The molecule has 0 radical (unpaired) electrons. The zero-order valence-corrected chi connectivity index (χ0v) is 9.88. The minimum Gasteiger partial charge on any atom is -0.490 e.